The Kier molecular flexibility index (Phi) is 4.97. The van der Waals surface area contributed by atoms with Gasteiger partial charge in [0.15, 0.2) is 0 Å². The summed E-state index contributed by atoms with van der Waals surface area (Å²) < 4.78 is 5.66. The Morgan fingerprint density at radius 1 is 1.59 bits per heavy atom. The SMILES string of the molecule is CN/C=C(\C=N)c1cnc(Cl)cc1OC(C)C. The van der Waals surface area contributed by atoms with Crippen LogP contribution < -0.4 is 10.1 Å². The maximum absolute atomic E-state index is 7.38. The maximum atomic E-state index is 7.38. The van der Waals surface area contributed by atoms with Gasteiger partial charge in [0, 0.05) is 42.9 Å². The molecular formula is C12H16ClN3O. The molecule has 0 spiro atoms. The van der Waals surface area contributed by atoms with E-state index in [2.05, 4.69) is 10.3 Å². The van der Waals surface area contributed by atoms with Gasteiger partial charge in [-0.15, -0.1) is 0 Å². The number of ether oxygens (including phenoxy) is 1. The van der Waals surface area contributed by atoms with Gasteiger partial charge < -0.3 is 15.5 Å². The molecular weight excluding hydrogens is 238 g/mol. The minimum Gasteiger partial charge on any atom is -0.490 e. The molecule has 17 heavy (non-hydrogen) atoms. The van der Waals surface area contributed by atoms with Gasteiger partial charge in [-0.3, -0.25) is 0 Å². The molecule has 5 heteroatoms. The molecule has 1 rings (SSSR count). The Labute approximate surface area is 106 Å². The molecule has 1 aromatic rings. The average Bonchev–Trinajstić information content (AvgIpc) is 2.26. The monoisotopic (exact) mass is 253 g/mol. The van der Waals surface area contributed by atoms with Gasteiger partial charge >= 0.3 is 0 Å². The standard InChI is InChI=1S/C12H16ClN3O/c1-8(2)17-11-4-12(13)16-7-10(11)9(5-14)6-15-3/h4-8,14-15H,1-3H3/b9-6+,14-5?. The number of hydrogen-bond donors (Lipinski definition) is 2. The molecule has 0 radical (unpaired) electrons. The van der Waals surface area contributed by atoms with Crippen LogP contribution in [-0.2, 0) is 0 Å². The van der Waals surface area contributed by atoms with Gasteiger partial charge in [-0.05, 0) is 13.8 Å². The Morgan fingerprint density at radius 2 is 2.29 bits per heavy atom. The lowest BCUT2D eigenvalue weighted by molar-refractivity contribution is 0.241. The first-order valence-corrected chi connectivity index (χ1v) is 5.66. The lowest BCUT2D eigenvalue weighted by Crippen LogP contribution is -2.08. The van der Waals surface area contributed by atoms with Crippen molar-refractivity contribution in [3.05, 3.63) is 29.2 Å². The lowest BCUT2D eigenvalue weighted by Gasteiger charge is -2.14. The number of halogens is 1. The number of aromatic nitrogens is 1. The third-order valence-electron chi connectivity index (χ3n) is 1.96. The summed E-state index contributed by atoms with van der Waals surface area (Å²) in [7, 11) is 1.77. The predicted molar refractivity (Wildman–Crippen MR) is 70.8 cm³/mol. The van der Waals surface area contributed by atoms with Gasteiger partial charge in [0.1, 0.15) is 10.9 Å². The summed E-state index contributed by atoms with van der Waals surface area (Å²) in [5, 5.41) is 10.6. The van der Waals surface area contributed by atoms with Gasteiger partial charge in [0.05, 0.1) is 6.10 Å². The van der Waals surface area contributed by atoms with E-state index in [1.807, 2.05) is 13.8 Å². The molecule has 0 saturated heterocycles. The normalized spacial score (nSPS) is 11.5. The van der Waals surface area contributed by atoms with Crippen molar-refractivity contribution in [1.82, 2.24) is 10.3 Å². The molecule has 0 aromatic carbocycles. The minimum atomic E-state index is 0.0359. The van der Waals surface area contributed by atoms with E-state index in [0.717, 1.165) is 5.56 Å². The largest absolute Gasteiger partial charge is 0.490 e. The van der Waals surface area contributed by atoms with Crippen molar-refractivity contribution >= 4 is 23.4 Å². The Bertz CT molecular complexity index is 430. The van der Waals surface area contributed by atoms with Crippen LogP contribution >= 0.6 is 11.6 Å². The van der Waals surface area contributed by atoms with Crippen molar-refractivity contribution in [2.45, 2.75) is 20.0 Å². The fourth-order valence-electron chi connectivity index (χ4n) is 1.33. The zero-order valence-corrected chi connectivity index (χ0v) is 10.9. The summed E-state index contributed by atoms with van der Waals surface area (Å²) in [6, 6.07) is 1.66. The zero-order chi connectivity index (χ0) is 12.8. The van der Waals surface area contributed by atoms with Crippen LogP contribution in [0.4, 0.5) is 0 Å². The predicted octanol–water partition coefficient (Wildman–Crippen LogP) is 2.73. The number of pyridine rings is 1. The third kappa shape index (κ3) is 3.75. The summed E-state index contributed by atoms with van der Waals surface area (Å²) in [5.41, 5.74) is 1.43. The van der Waals surface area contributed by atoms with Gasteiger partial charge in [0.25, 0.3) is 0 Å². The number of hydrogen-bond acceptors (Lipinski definition) is 4. The third-order valence-corrected chi connectivity index (χ3v) is 2.17. The molecule has 0 aliphatic carbocycles. The highest BCUT2D eigenvalue weighted by Crippen LogP contribution is 2.27. The molecule has 4 nitrogen and oxygen atoms in total. The second kappa shape index (κ2) is 6.25. The fourth-order valence-corrected chi connectivity index (χ4v) is 1.48. The van der Waals surface area contributed by atoms with E-state index in [9.17, 15) is 0 Å². The highest BCUT2D eigenvalue weighted by molar-refractivity contribution is 6.29. The van der Waals surface area contributed by atoms with E-state index in [1.165, 1.54) is 6.21 Å². The van der Waals surface area contributed by atoms with Gasteiger partial charge in [-0.25, -0.2) is 4.98 Å². The van der Waals surface area contributed by atoms with E-state index in [0.29, 0.717) is 16.5 Å². The molecule has 0 unspecified atom stereocenters. The zero-order valence-electron chi connectivity index (χ0n) is 10.1. The van der Waals surface area contributed by atoms with Crippen molar-refractivity contribution < 1.29 is 4.74 Å². The molecule has 2 N–H and O–H groups in total. The first kappa shape index (κ1) is 13.5. The molecule has 1 heterocycles. The molecule has 0 fully saturated rings. The van der Waals surface area contributed by atoms with Crippen LogP contribution in [0.15, 0.2) is 18.5 Å². The summed E-state index contributed by atoms with van der Waals surface area (Å²) in [6.45, 7) is 3.87. The van der Waals surface area contributed by atoms with Gasteiger partial charge in [-0.1, -0.05) is 11.6 Å². The van der Waals surface area contributed by atoms with Gasteiger partial charge in [0.2, 0.25) is 0 Å². The number of nitrogens with zero attached hydrogens (tertiary/aromatic N) is 1. The highest BCUT2D eigenvalue weighted by Gasteiger charge is 2.10. The molecule has 0 amide bonds. The first-order chi connectivity index (χ1) is 8.08. The quantitative estimate of drug-likeness (QED) is 0.627. The van der Waals surface area contributed by atoms with Crippen molar-refractivity contribution in [2.24, 2.45) is 0 Å². The van der Waals surface area contributed by atoms with Crippen LogP contribution in [0.2, 0.25) is 5.15 Å². The van der Waals surface area contributed by atoms with Crippen molar-refractivity contribution in [3.63, 3.8) is 0 Å². The molecule has 0 bridgehead atoms. The van der Waals surface area contributed by atoms with E-state index in [1.54, 1.807) is 25.5 Å². The first-order valence-electron chi connectivity index (χ1n) is 5.29. The van der Waals surface area contributed by atoms with Crippen molar-refractivity contribution in [1.29, 1.82) is 5.41 Å². The second-order valence-electron chi connectivity index (χ2n) is 3.70. The average molecular weight is 254 g/mol. The summed E-state index contributed by atoms with van der Waals surface area (Å²) in [5.74, 6) is 0.630. The second-order valence-corrected chi connectivity index (χ2v) is 4.09. The van der Waals surface area contributed by atoms with Crippen molar-refractivity contribution in [3.8, 4) is 5.75 Å². The van der Waals surface area contributed by atoms with Crippen LogP contribution in [0.25, 0.3) is 5.57 Å². The smallest absolute Gasteiger partial charge is 0.132 e. The van der Waals surface area contributed by atoms with E-state index < -0.39 is 0 Å². The molecule has 0 atom stereocenters. The molecule has 0 aliphatic heterocycles. The van der Waals surface area contributed by atoms with Gasteiger partial charge in [-0.2, -0.15) is 0 Å². The summed E-state index contributed by atoms with van der Waals surface area (Å²) in [4.78, 5) is 4.01. The molecule has 92 valence electrons. The number of rotatable bonds is 5. The van der Waals surface area contributed by atoms with Crippen LogP contribution in [0.3, 0.4) is 0 Å². The molecule has 0 saturated carbocycles. The molecule has 1 aromatic heterocycles. The summed E-state index contributed by atoms with van der Waals surface area (Å²) >= 11 is 5.84. The topological polar surface area (TPSA) is 58.0 Å². The Balaban J connectivity index is 3.21. The van der Waals surface area contributed by atoms with Crippen LogP contribution in [0, 0.1) is 5.41 Å². The van der Waals surface area contributed by atoms with Crippen molar-refractivity contribution in [2.75, 3.05) is 7.05 Å². The van der Waals surface area contributed by atoms with Crippen LogP contribution in [-0.4, -0.2) is 24.4 Å². The highest BCUT2D eigenvalue weighted by atomic mass is 35.5. The van der Waals surface area contributed by atoms with E-state index in [-0.39, 0.29) is 6.10 Å². The van der Waals surface area contributed by atoms with E-state index in [4.69, 9.17) is 21.7 Å². The fraction of sp³-hybridized carbons (Fsp3) is 0.333. The number of nitrogens with one attached hydrogen (secondary N) is 2. The molecule has 0 aliphatic rings. The maximum Gasteiger partial charge on any atom is 0.132 e. The Morgan fingerprint density at radius 3 is 2.82 bits per heavy atom. The van der Waals surface area contributed by atoms with E-state index >= 15 is 0 Å². The minimum absolute atomic E-state index is 0.0359. The Hall–Kier alpha value is -1.55. The summed E-state index contributed by atoms with van der Waals surface area (Å²) in [6.07, 6.45) is 4.60. The van der Waals surface area contributed by atoms with Crippen LogP contribution in [0.1, 0.15) is 19.4 Å². The van der Waals surface area contributed by atoms with Crippen LogP contribution in [0.5, 0.6) is 5.75 Å². The number of allylic oxidation sites excluding steroid dienone is 1. The lowest BCUT2D eigenvalue weighted by atomic mass is 10.1.